The summed E-state index contributed by atoms with van der Waals surface area (Å²) in [7, 11) is 0. The third kappa shape index (κ3) is 3.77. The Kier molecular flexibility index (Phi) is 5.39. The summed E-state index contributed by atoms with van der Waals surface area (Å²) in [5.41, 5.74) is 2.85. The molecule has 0 fully saturated rings. The van der Waals surface area contributed by atoms with Crippen LogP contribution < -0.4 is 0 Å². The summed E-state index contributed by atoms with van der Waals surface area (Å²) in [6.07, 6.45) is 2.56. The van der Waals surface area contributed by atoms with Gasteiger partial charge < -0.3 is 4.42 Å². The lowest BCUT2D eigenvalue weighted by Gasteiger charge is -2.09. The molecule has 0 saturated heterocycles. The minimum absolute atomic E-state index is 0.0646. The second-order valence-electron chi connectivity index (χ2n) is 6.22. The summed E-state index contributed by atoms with van der Waals surface area (Å²) >= 11 is 1.37. The molecule has 0 radical (unpaired) electrons. The molecule has 0 aliphatic carbocycles. The van der Waals surface area contributed by atoms with Gasteiger partial charge in [-0.25, -0.2) is 0 Å². The molecular formula is C22H19N3O2S. The van der Waals surface area contributed by atoms with Crippen LogP contribution in [0.4, 0.5) is 0 Å². The zero-order chi connectivity index (χ0) is 19.3. The van der Waals surface area contributed by atoms with Gasteiger partial charge in [-0.15, -0.1) is 10.2 Å². The molecule has 140 valence electrons. The van der Waals surface area contributed by atoms with Gasteiger partial charge in [-0.1, -0.05) is 61.2 Å². The van der Waals surface area contributed by atoms with E-state index in [1.54, 1.807) is 6.26 Å². The summed E-state index contributed by atoms with van der Waals surface area (Å²) < 4.78 is 7.43. The highest BCUT2D eigenvalue weighted by atomic mass is 32.2. The van der Waals surface area contributed by atoms with Gasteiger partial charge >= 0.3 is 0 Å². The molecular weight excluding hydrogens is 370 g/mol. The average molecular weight is 389 g/mol. The molecule has 0 aliphatic heterocycles. The fraction of sp³-hybridized carbons (Fsp3) is 0.136. The highest BCUT2D eigenvalue weighted by Gasteiger charge is 2.19. The number of nitrogens with zero attached hydrogens (tertiary/aromatic N) is 3. The van der Waals surface area contributed by atoms with Crippen LogP contribution in [0, 0.1) is 0 Å². The minimum atomic E-state index is 0.0646. The fourth-order valence-corrected chi connectivity index (χ4v) is 3.72. The molecule has 28 heavy (non-hydrogen) atoms. The summed E-state index contributed by atoms with van der Waals surface area (Å²) in [6.45, 7) is 2.10. The van der Waals surface area contributed by atoms with Gasteiger partial charge in [0.1, 0.15) is 0 Å². The number of para-hydroxylation sites is 1. The van der Waals surface area contributed by atoms with Gasteiger partial charge in [0.25, 0.3) is 0 Å². The Bertz CT molecular complexity index is 1060. The monoisotopic (exact) mass is 389 g/mol. The van der Waals surface area contributed by atoms with E-state index in [2.05, 4.69) is 17.1 Å². The van der Waals surface area contributed by atoms with Gasteiger partial charge in [-0.05, 0) is 36.2 Å². The third-order valence-electron chi connectivity index (χ3n) is 4.41. The first-order chi connectivity index (χ1) is 13.8. The highest BCUT2D eigenvalue weighted by Crippen LogP contribution is 2.28. The van der Waals surface area contributed by atoms with Gasteiger partial charge in [0.05, 0.1) is 12.0 Å². The molecule has 4 aromatic rings. The Balaban J connectivity index is 1.60. The number of thioether (sulfide) groups is 1. The maximum Gasteiger partial charge on any atom is 0.205 e. The van der Waals surface area contributed by atoms with Crippen LogP contribution in [0.1, 0.15) is 22.8 Å². The molecule has 5 nitrogen and oxygen atoms in total. The van der Waals surface area contributed by atoms with Crippen molar-refractivity contribution in [3.8, 4) is 17.3 Å². The number of carbonyl (C=O) groups is 1. The van der Waals surface area contributed by atoms with Crippen molar-refractivity contribution < 1.29 is 9.21 Å². The first-order valence-corrected chi connectivity index (χ1v) is 10.0. The molecule has 0 unspecified atom stereocenters. The second-order valence-corrected chi connectivity index (χ2v) is 7.16. The quantitative estimate of drug-likeness (QED) is 0.326. The number of carbonyl (C=O) groups excluding carboxylic acids is 1. The summed E-state index contributed by atoms with van der Waals surface area (Å²) in [5.74, 6) is 1.59. The van der Waals surface area contributed by atoms with Crippen molar-refractivity contribution in [2.24, 2.45) is 0 Å². The van der Waals surface area contributed by atoms with Crippen LogP contribution in [0.25, 0.3) is 17.3 Å². The number of ketones is 1. The van der Waals surface area contributed by atoms with Crippen molar-refractivity contribution in [1.82, 2.24) is 14.8 Å². The van der Waals surface area contributed by atoms with Crippen LogP contribution in [0.2, 0.25) is 0 Å². The summed E-state index contributed by atoms with van der Waals surface area (Å²) in [4.78, 5) is 12.6. The molecule has 0 N–H and O–H groups in total. The number of hydrogen-bond acceptors (Lipinski definition) is 5. The number of rotatable bonds is 7. The Hall–Kier alpha value is -3.12. The van der Waals surface area contributed by atoms with Gasteiger partial charge in [-0.2, -0.15) is 0 Å². The van der Waals surface area contributed by atoms with Crippen LogP contribution in [-0.4, -0.2) is 26.3 Å². The molecule has 0 saturated carbocycles. The van der Waals surface area contributed by atoms with E-state index in [-0.39, 0.29) is 11.5 Å². The SMILES string of the molecule is CCc1ccc(C(=O)CSc2nnc(-c3ccco3)n2-c2ccccc2)cc1. The highest BCUT2D eigenvalue weighted by molar-refractivity contribution is 7.99. The second kappa shape index (κ2) is 8.27. The first-order valence-electron chi connectivity index (χ1n) is 9.06. The van der Waals surface area contributed by atoms with E-state index in [4.69, 9.17) is 4.42 Å². The van der Waals surface area contributed by atoms with Crippen LogP contribution in [-0.2, 0) is 6.42 Å². The summed E-state index contributed by atoms with van der Waals surface area (Å²) in [5, 5.41) is 9.25. The van der Waals surface area contributed by atoms with Crippen LogP contribution in [0.15, 0.2) is 82.6 Å². The lowest BCUT2D eigenvalue weighted by Crippen LogP contribution is -2.05. The van der Waals surface area contributed by atoms with Crippen molar-refractivity contribution in [2.45, 2.75) is 18.5 Å². The Morgan fingerprint density at radius 2 is 1.79 bits per heavy atom. The molecule has 2 aromatic carbocycles. The number of benzene rings is 2. The maximum absolute atomic E-state index is 12.6. The van der Waals surface area contributed by atoms with E-state index < -0.39 is 0 Å². The molecule has 6 heteroatoms. The fourth-order valence-electron chi connectivity index (χ4n) is 2.88. The largest absolute Gasteiger partial charge is 0.461 e. The minimum Gasteiger partial charge on any atom is -0.461 e. The van der Waals surface area contributed by atoms with Crippen LogP contribution in [0.5, 0.6) is 0 Å². The zero-order valence-corrected chi connectivity index (χ0v) is 16.2. The van der Waals surface area contributed by atoms with Gasteiger partial charge in [0.2, 0.25) is 5.82 Å². The zero-order valence-electron chi connectivity index (χ0n) is 15.4. The molecule has 0 aliphatic rings. The van der Waals surface area contributed by atoms with Gasteiger partial charge in [0, 0.05) is 11.3 Å². The molecule has 4 rings (SSSR count). The van der Waals surface area contributed by atoms with E-state index in [0.717, 1.165) is 12.1 Å². The lowest BCUT2D eigenvalue weighted by atomic mass is 10.1. The van der Waals surface area contributed by atoms with Gasteiger partial charge in [0.15, 0.2) is 16.7 Å². The van der Waals surface area contributed by atoms with Crippen molar-refractivity contribution in [1.29, 1.82) is 0 Å². The van der Waals surface area contributed by atoms with E-state index >= 15 is 0 Å². The number of furan rings is 1. The topological polar surface area (TPSA) is 60.9 Å². The standard InChI is InChI=1S/C22H19N3O2S/c1-2-16-10-12-17(13-11-16)19(26)15-28-22-24-23-21(20-9-6-14-27-20)25(22)18-7-4-3-5-8-18/h3-14H,2,15H2,1H3. The smallest absolute Gasteiger partial charge is 0.205 e. The molecule has 0 bridgehead atoms. The molecule has 0 spiro atoms. The number of aromatic nitrogens is 3. The van der Waals surface area contributed by atoms with Crippen molar-refractivity contribution in [2.75, 3.05) is 5.75 Å². The van der Waals surface area contributed by atoms with E-state index in [9.17, 15) is 4.79 Å². The Labute approximate surface area is 167 Å². The van der Waals surface area contributed by atoms with E-state index in [1.807, 2.05) is 71.3 Å². The predicted molar refractivity (Wildman–Crippen MR) is 110 cm³/mol. The van der Waals surface area contributed by atoms with Crippen molar-refractivity contribution >= 4 is 17.5 Å². The van der Waals surface area contributed by atoms with Crippen molar-refractivity contribution in [3.63, 3.8) is 0 Å². The molecule has 0 amide bonds. The number of hydrogen-bond donors (Lipinski definition) is 0. The normalized spacial score (nSPS) is 10.9. The molecule has 2 aromatic heterocycles. The number of Topliss-reactive ketones (excluding diaryl/α,β-unsaturated/α-hetero) is 1. The molecule has 2 heterocycles. The third-order valence-corrected chi connectivity index (χ3v) is 5.33. The summed E-state index contributed by atoms with van der Waals surface area (Å²) in [6, 6.07) is 21.3. The average Bonchev–Trinajstić information content (AvgIpc) is 3.42. The Morgan fingerprint density at radius 3 is 2.46 bits per heavy atom. The van der Waals surface area contributed by atoms with E-state index in [0.29, 0.717) is 22.3 Å². The Morgan fingerprint density at radius 1 is 1.00 bits per heavy atom. The predicted octanol–water partition coefficient (Wildman–Crippen LogP) is 5.06. The number of aryl methyl sites for hydroxylation is 1. The first kappa shape index (κ1) is 18.3. The van der Waals surface area contributed by atoms with Crippen LogP contribution in [0.3, 0.4) is 0 Å². The maximum atomic E-state index is 12.6. The van der Waals surface area contributed by atoms with Crippen LogP contribution >= 0.6 is 11.8 Å². The molecule has 0 atom stereocenters. The van der Waals surface area contributed by atoms with Gasteiger partial charge in [-0.3, -0.25) is 9.36 Å². The lowest BCUT2D eigenvalue weighted by molar-refractivity contribution is 0.102. The van der Waals surface area contributed by atoms with Crippen molar-refractivity contribution in [3.05, 3.63) is 84.1 Å². The van der Waals surface area contributed by atoms with E-state index in [1.165, 1.54) is 17.3 Å².